The van der Waals surface area contributed by atoms with Crippen LogP contribution in [0.2, 0.25) is 0 Å². The van der Waals surface area contributed by atoms with E-state index in [9.17, 15) is 0 Å². The minimum absolute atomic E-state index is 0.295. The Morgan fingerprint density at radius 2 is 1.64 bits per heavy atom. The summed E-state index contributed by atoms with van der Waals surface area (Å²) < 4.78 is 0. The molecule has 1 saturated heterocycles. The fraction of sp³-hybridized carbons (Fsp3) is 1.00. The van der Waals surface area contributed by atoms with Gasteiger partial charge in [-0.25, -0.2) is 0 Å². The van der Waals surface area contributed by atoms with Gasteiger partial charge in [0.2, 0.25) is 0 Å². The van der Waals surface area contributed by atoms with Crippen molar-refractivity contribution >= 4 is 0 Å². The van der Waals surface area contributed by atoms with Crippen molar-refractivity contribution < 1.29 is 5.11 Å². The van der Waals surface area contributed by atoms with Gasteiger partial charge in [0.05, 0.1) is 6.61 Å². The van der Waals surface area contributed by atoms with Crippen molar-refractivity contribution in [1.29, 1.82) is 0 Å². The van der Waals surface area contributed by atoms with Gasteiger partial charge in [-0.3, -0.25) is 4.90 Å². The molecule has 0 spiro atoms. The molecule has 0 unspecified atom stereocenters. The number of hydrogen-bond acceptors (Lipinski definition) is 2. The lowest BCUT2D eigenvalue weighted by Gasteiger charge is -2.30. The van der Waals surface area contributed by atoms with E-state index < -0.39 is 0 Å². The molecule has 0 atom stereocenters. The van der Waals surface area contributed by atoms with Crippen LogP contribution in [0.5, 0.6) is 0 Å². The number of aliphatic hydroxyl groups excluding tert-OH is 1. The number of rotatable bonds is 2. The Morgan fingerprint density at radius 3 is 1.93 bits per heavy atom. The van der Waals surface area contributed by atoms with Crippen molar-refractivity contribution in [3.05, 3.63) is 0 Å². The molecule has 0 amide bonds. The fourth-order valence-electron chi connectivity index (χ4n) is 1.70. The normalized spacial score (nSPS) is 19.1. The van der Waals surface area contributed by atoms with E-state index in [1.165, 1.54) is 12.8 Å². The van der Waals surface area contributed by atoms with Crippen LogP contribution in [0.3, 0.4) is 0 Å². The molecule has 14 heavy (non-hydrogen) atoms. The Balaban J connectivity index is 0. The van der Waals surface area contributed by atoms with Crippen LogP contribution in [-0.2, 0) is 0 Å². The van der Waals surface area contributed by atoms with Crippen LogP contribution in [-0.4, -0.2) is 35.2 Å². The Hall–Kier alpha value is -0.0800. The molecule has 0 saturated carbocycles. The monoisotopic (exact) mass is 203 g/mol. The highest BCUT2D eigenvalue weighted by atomic mass is 16.3. The smallest absolute Gasteiger partial charge is 0.0558 e. The number of nitrogens with zero attached hydrogens (tertiary/aromatic N) is 1. The molecule has 1 aliphatic heterocycles. The standard InChI is InChI=1S/C8H17NO.2C2H6/c1-8(2)4-3-5-9(8)6-7-10;2*1-2/h10H,3-7H2,1-2H3;2*1-2H3. The van der Waals surface area contributed by atoms with E-state index in [0.29, 0.717) is 12.1 Å². The van der Waals surface area contributed by atoms with Crippen molar-refractivity contribution in [1.82, 2.24) is 4.90 Å². The lowest BCUT2D eigenvalue weighted by atomic mass is 10.0. The third kappa shape index (κ3) is 5.61. The lowest BCUT2D eigenvalue weighted by Crippen LogP contribution is -2.39. The summed E-state index contributed by atoms with van der Waals surface area (Å²) in [7, 11) is 0. The maximum atomic E-state index is 8.72. The van der Waals surface area contributed by atoms with Gasteiger partial charge in [-0.15, -0.1) is 0 Å². The van der Waals surface area contributed by atoms with Crippen LogP contribution in [0.15, 0.2) is 0 Å². The molecule has 1 rings (SSSR count). The maximum absolute atomic E-state index is 8.72. The molecule has 1 aliphatic rings. The Bertz CT molecular complexity index is 113. The first kappa shape index (κ1) is 16.4. The van der Waals surface area contributed by atoms with Gasteiger partial charge in [0.1, 0.15) is 0 Å². The second-order valence-electron chi connectivity index (χ2n) is 3.63. The fourth-order valence-corrected chi connectivity index (χ4v) is 1.70. The zero-order chi connectivity index (χ0) is 11.6. The maximum Gasteiger partial charge on any atom is 0.0558 e. The van der Waals surface area contributed by atoms with Gasteiger partial charge >= 0.3 is 0 Å². The van der Waals surface area contributed by atoms with Crippen LogP contribution < -0.4 is 0 Å². The lowest BCUT2D eigenvalue weighted by molar-refractivity contribution is 0.136. The third-order valence-electron chi connectivity index (χ3n) is 2.44. The first-order valence-corrected chi connectivity index (χ1v) is 6.03. The van der Waals surface area contributed by atoms with E-state index in [1.807, 2.05) is 27.7 Å². The third-order valence-corrected chi connectivity index (χ3v) is 2.44. The van der Waals surface area contributed by atoms with E-state index in [2.05, 4.69) is 18.7 Å². The second kappa shape index (κ2) is 9.47. The van der Waals surface area contributed by atoms with Crippen molar-refractivity contribution in [2.24, 2.45) is 0 Å². The zero-order valence-corrected chi connectivity index (χ0v) is 10.9. The van der Waals surface area contributed by atoms with Crippen LogP contribution in [0.25, 0.3) is 0 Å². The molecule has 0 radical (unpaired) electrons. The quantitative estimate of drug-likeness (QED) is 0.746. The average molecular weight is 203 g/mol. The first-order chi connectivity index (χ1) is 6.67. The minimum atomic E-state index is 0.295. The van der Waals surface area contributed by atoms with E-state index in [-0.39, 0.29) is 0 Å². The molecule has 0 aliphatic carbocycles. The summed E-state index contributed by atoms with van der Waals surface area (Å²) in [6, 6.07) is 0. The van der Waals surface area contributed by atoms with Gasteiger partial charge in [0.15, 0.2) is 0 Å². The van der Waals surface area contributed by atoms with Gasteiger partial charge < -0.3 is 5.11 Å². The van der Waals surface area contributed by atoms with Crippen molar-refractivity contribution in [2.45, 2.75) is 59.9 Å². The predicted octanol–water partition coefficient (Wildman–Crippen LogP) is 2.91. The SMILES string of the molecule is CC.CC.CC1(C)CCCN1CCO. The van der Waals surface area contributed by atoms with Gasteiger partial charge in [-0.2, -0.15) is 0 Å². The summed E-state index contributed by atoms with van der Waals surface area (Å²) in [5, 5.41) is 8.72. The summed E-state index contributed by atoms with van der Waals surface area (Å²) in [5.41, 5.74) is 0.336. The molecule has 1 heterocycles. The largest absolute Gasteiger partial charge is 0.395 e. The molecule has 1 fully saturated rings. The molecule has 1 N–H and O–H groups in total. The molecular weight excluding hydrogens is 174 g/mol. The molecule has 0 bridgehead atoms. The van der Waals surface area contributed by atoms with Crippen molar-refractivity contribution in [3.8, 4) is 0 Å². The van der Waals surface area contributed by atoms with Gasteiger partial charge in [-0.1, -0.05) is 27.7 Å². The highest BCUT2D eigenvalue weighted by Crippen LogP contribution is 2.27. The number of hydrogen-bond donors (Lipinski definition) is 1. The zero-order valence-electron chi connectivity index (χ0n) is 10.9. The summed E-state index contributed by atoms with van der Waals surface area (Å²) in [6.07, 6.45) is 2.56. The topological polar surface area (TPSA) is 23.5 Å². The van der Waals surface area contributed by atoms with Crippen molar-refractivity contribution in [3.63, 3.8) is 0 Å². The molecule has 88 valence electrons. The number of likely N-dealkylation sites (tertiary alicyclic amines) is 1. The van der Waals surface area contributed by atoms with Crippen LogP contribution in [0.1, 0.15) is 54.4 Å². The van der Waals surface area contributed by atoms with Crippen LogP contribution >= 0.6 is 0 Å². The van der Waals surface area contributed by atoms with Gasteiger partial charge in [0, 0.05) is 12.1 Å². The van der Waals surface area contributed by atoms with Gasteiger partial charge in [0.25, 0.3) is 0 Å². The molecule has 0 aromatic heterocycles. The van der Waals surface area contributed by atoms with E-state index >= 15 is 0 Å². The van der Waals surface area contributed by atoms with Gasteiger partial charge in [-0.05, 0) is 33.2 Å². The summed E-state index contributed by atoms with van der Waals surface area (Å²) in [5.74, 6) is 0. The number of aliphatic hydroxyl groups is 1. The van der Waals surface area contributed by atoms with E-state index in [4.69, 9.17) is 5.11 Å². The van der Waals surface area contributed by atoms with E-state index in [1.54, 1.807) is 0 Å². The second-order valence-corrected chi connectivity index (χ2v) is 3.63. The molecular formula is C12H29NO. The summed E-state index contributed by atoms with van der Waals surface area (Å²) >= 11 is 0. The number of β-amino-alcohol motifs (C(OH)–C–C–N with tert-alkyl or cyclic N) is 1. The summed E-state index contributed by atoms with van der Waals surface area (Å²) in [4.78, 5) is 2.35. The molecule has 0 aromatic carbocycles. The summed E-state index contributed by atoms with van der Waals surface area (Å²) in [6.45, 7) is 14.8. The van der Waals surface area contributed by atoms with Crippen molar-refractivity contribution in [2.75, 3.05) is 19.7 Å². The van der Waals surface area contributed by atoms with Crippen LogP contribution in [0, 0.1) is 0 Å². The first-order valence-electron chi connectivity index (χ1n) is 6.03. The molecule has 2 nitrogen and oxygen atoms in total. The highest BCUT2D eigenvalue weighted by Gasteiger charge is 2.30. The van der Waals surface area contributed by atoms with Crippen LogP contribution in [0.4, 0.5) is 0 Å². The average Bonchev–Trinajstić information content (AvgIpc) is 2.53. The Labute approximate surface area is 90.3 Å². The predicted molar refractivity (Wildman–Crippen MR) is 64.7 cm³/mol. The Kier molecular flexibility index (Phi) is 11.1. The molecule has 0 aromatic rings. The Morgan fingerprint density at radius 1 is 1.14 bits per heavy atom. The molecule has 2 heteroatoms. The highest BCUT2D eigenvalue weighted by molar-refractivity contribution is 4.87. The van der Waals surface area contributed by atoms with E-state index in [0.717, 1.165) is 13.1 Å². The minimum Gasteiger partial charge on any atom is -0.395 e.